The van der Waals surface area contributed by atoms with E-state index in [1.807, 2.05) is 54.6 Å². The summed E-state index contributed by atoms with van der Waals surface area (Å²) in [5.74, 6) is -0.0791. The van der Waals surface area contributed by atoms with Crippen molar-refractivity contribution in [1.82, 2.24) is 15.0 Å². The number of nitrogens with one attached hydrogen (secondary N) is 2. The fourth-order valence-electron chi connectivity index (χ4n) is 3.33. The van der Waals surface area contributed by atoms with Gasteiger partial charge in [0.25, 0.3) is 0 Å². The SMILES string of the molecule is O=C(c1c[nH]c2ccccc12)c1nccc2c1[nH]c1ccccc12. The van der Waals surface area contributed by atoms with Gasteiger partial charge >= 0.3 is 0 Å². The fourth-order valence-corrected chi connectivity index (χ4v) is 3.33. The number of nitrogens with zero attached hydrogens (tertiary/aromatic N) is 1. The number of rotatable bonds is 2. The van der Waals surface area contributed by atoms with Crippen LogP contribution in [0.4, 0.5) is 0 Å². The summed E-state index contributed by atoms with van der Waals surface area (Å²) in [6.07, 6.45) is 3.46. The third kappa shape index (κ3) is 1.74. The van der Waals surface area contributed by atoms with Crippen LogP contribution in [-0.2, 0) is 0 Å². The summed E-state index contributed by atoms with van der Waals surface area (Å²) in [4.78, 5) is 24.0. The van der Waals surface area contributed by atoms with Gasteiger partial charge in [-0.25, -0.2) is 0 Å². The number of carbonyl (C=O) groups excluding carboxylic acids is 1. The lowest BCUT2D eigenvalue weighted by Gasteiger charge is -2.01. The standard InChI is InChI=1S/C20H13N3O/c24-20(15-11-22-16-7-3-1-6-13(15)16)19-18-14(9-10-21-19)12-5-2-4-8-17(12)23-18/h1-11,22-23H. The highest BCUT2D eigenvalue weighted by Gasteiger charge is 2.19. The van der Waals surface area contributed by atoms with Crippen molar-refractivity contribution in [2.45, 2.75) is 0 Å². The van der Waals surface area contributed by atoms with E-state index in [0.29, 0.717) is 11.3 Å². The lowest BCUT2D eigenvalue weighted by molar-refractivity contribution is 0.103. The van der Waals surface area contributed by atoms with Crippen molar-refractivity contribution < 1.29 is 4.79 Å². The Morgan fingerprint density at radius 1 is 0.833 bits per heavy atom. The van der Waals surface area contributed by atoms with Crippen molar-refractivity contribution in [3.8, 4) is 0 Å². The third-order valence-electron chi connectivity index (χ3n) is 4.48. The maximum atomic E-state index is 13.1. The molecule has 0 aliphatic carbocycles. The molecule has 0 fully saturated rings. The molecule has 0 amide bonds. The molecular weight excluding hydrogens is 298 g/mol. The summed E-state index contributed by atoms with van der Waals surface area (Å²) in [5.41, 5.74) is 3.84. The molecule has 0 saturated heterocycles. The molecule has 0 unspecified atom stereocenters. The Kier molecular flexibility index (Phi) is 2.61. The molecule has 2 aromatic carbocycles. The lowest BCUT2D eigenvalue weighted by Crippen LogP contribution is -2.04. The average Bonchev–Trinajstić information content (AvgIpc) is 3.22. The van der Waals surface area contributed by atoms with E-state index in [2.05, 4.69) is 15.0 Å². The number of fused-ring (bicyclic) bond motifs is 4. The Bertz CT molecular complexity index is 1230. The Hall–Kier alpha value is -3.40. The highest BCUT2D eigenvalue weighted by molar-refractivity contribution is 6.22. The molecule has 0 radical (unpaired) electrons. The summed E-state index contributed by atoms with van der Waals surface area (Å²) < 4.78 is 0. The summed E-state index contributed by atoms with van der Waals surface area (Å²) in [6, 6.07) is 17.8. The molecule has 24 heavy (non-hydrogen) atoms. The number of pyridine rings is 1. The topological polar surface area (TPSA) is 61.5 Å². The van der Waals surface area contributed by atoms with Crippen LogP contribution in [0.3, 0.4) is 0 Å². The fraction of sp³-hybridized carbons (Fsp3) is 0. The largest absolute Gasteiger partial charge is 0.360 e. The summed E-state index contributed by atoms with van der Waals surface area (Å²) >= 11 is 0. The zero-order valence-electron chi connectivity index (χ0n) is 12.7. The molecule has 5 aromatic rings. The van der Waals surface area contributed by atoms with Crippen molar-refractivity contribution in [3.05, 3.63) is 78.2 Å². The quantitative estimate of drug-likeness (QED) is 0.474. The first-order valence-electron chi connectivity index (χ1n) is 7.79. The van der Waals surface area contributed by atoms with E-state index in [-0.39, 0.29) is 5.78 Å². The smallest absolute Gasteiger partial charge is 0.215 e. The van der Waals surface area contributed by atoms with Crippen molar-refractivity contribution in [2.75, 3.05) is 0 Å². The number of aromatic amines is 2. The minimum absolute atomic E-state index is 0.0791. The van der Waals surface area contributed by atoms with Crippen LogP contribution in [-0.4, -0.2) is 20.7 Å². The highest BCUT2D eigenvalue weighted by atomic mass is 16.1. The Morgan fingerprint density at radius 2 is 1.58 bits per heavy atom. The van der Waals surface area contributed by atoms with E-state index < -0.39 is 0 Å². The van der Waals surface area contributed by atoms with Gasteiger partial charge in [0.15, 0.2) is 0 Å². The minimum atomic E-state index is -0.0791. The molecule has 0 aliphatic heterocycles. The Morgan fingerprint density at radius 3 is 2.46 bits per heavy atom. The third-order valence-corrected chi connectivity index (χ3v) is 4.48. The number of hydrogen-bond acceptors (Lipinski definition) is 2. The molecule has 0 aliphatic rings. The monoisotopic (exact) mass is 311 g/mol. The van der Waals surface area contributed by atoms with Crippen LogP contribution in [0.15, 0.2) is 67.0 Å². The molecular formula is C20H13N3O. The number of para-hydroxylation sites is 2. The van der Waals surface area contributed by atoms with Gasteiger partial charge in [-0.15, -0.1) is 0 Å². The molecule has 0 saturated carbocycles. The van der Waals surface area contributed by atoms with Gasteiger partial charge in [-0.1, -0.05) is 36.4 Å². The minimum Gasteiger partial charge on any atom is -0.360 e. The van der Waals surface area contributed by atoms with E-state index in [1.54, 1.807) is 12.4 Å². The van der Waals surface area contributed by atoms with Gasteiger partial charge in [0, 0.05) is 45.1 Å². The second-order valence-corrected chi connectivity index (χ2v) is 5.83. The number of carbonyl (C=O) groups is 1. The van der Waals surface area contributed by atoms with Gasteiger partial charge in [-0.3, -0.25) is 9.78 Å². The van der Waals surface area contributed by atoms with Crippen LogP contribution in [0.2, 0.25) is 0 Å². The second-order valence-electron chi connectivity index (χ2n) is 5.83. The Labute approximate surface area is 137 Å². The van der Waals surface area contributed by atoms with E-state index in [0.717, 1.165) is 32.7 Å². The lowest BCUT2D eigenvalue weighted by atomic mass is 10.0. The molecule has 114 valence electrons. The van der Waals surface area contributed by atoms with Gasteiger partial charge in [-0.05, 0) is 18.2 Å². The number of benzene rings is 2. The molecule has 5 rings (SSSR count). The molecule has 0 bridgehead atoms. The first-order valence-corrected chi connectivity index (χ1v) is 7.79. The number of hydrogen-bond donors (Lipinski definition) is 2. The summed E-state index contributed by atoms with van der Waals surface area (Å²) in [7, 11) is 0. The average molecular weight is 311 g/mol. The predicted octanol–water partition coefficient (Wildman–Crippen LogP) is 4.43. The summed E-state index contributed by atoms with van der Waals surface area (Å²) in [5, 5.41) is 3.03. The normalized spacial score (nSPS) is 11.5. The van der Waals surface area contributed by atoms with Crippen LogP contribution in [0, 0.1) is 0 Å². The highest BCUT2D eigenvalue weighted by Crippen LogP contribution is 2.28. The molecule has 2 N–H and O–H groups in total. The van der Waals surface area contributed by atoms with Crippen LogP contribution >= 0.6 is 0 Å². The second kappa shape index (κ2) is 4.80. The van der Waals surface area contributed by atoms with Gasteiger partial charge < -0.3 is 9.97 Å². The van der Waals surface area contributed by atoms with Crippen molar-refractivity contribution in [2.24, 2.45) is 0 Å². The van der Waals surface area contributed by atoms with Crippen molar-refractivity contribution in [3.63, 3.8) is 0 Å². The van der Waals surface area contributed by atoms with E-state index in [4.69, 9.17) is 0 Å². The zero-order valence-corrected chi connectivity index (χ0v) is 12.7. The first-order chi connectivity index (χ1) is 11.8. The van der Waals surface area contributed by atoms with E-state index >= 15 is 0 Å². The van der Waals surface area contributed by atoms with Gasteiger partial charge in [0.2, 0.25) is 5.78 Å². The molecule has 3 aromatic heterocycles. The van der Waals surface area contributed by atoms with Crippen LogP contribution < -0.4 is 0 Å². The number of aromatic nitrogens is 3. The summed E-state index contributed by atoms with van der Waals surface area (Å²) in [6.45, 7) is 0. The van der Waals surface area contributed by atoms with Crippen LogP contribution in [0.25, 0.3) is 32.7 Å². The predicted molar refractivity (Wildman–Crippen MR) is 95.3 cm³/mol. The number of H-pyrrole nitrogens is 2. The van der Waals surface area contributed by atoms with Gasteiger partial charge in [0.1, 0.15) is 5.69 Å². The molecule has 4 nitrogen and oxygen atoms in total. The first kappa shape index (κ1) is 13.1. The Balaban J connectivity index is 1.78. The molecule has 3 heterocycles. The molecule has 4 heteroatoms. The zero-order chi connectivity index (χ0) is 16.1. The van der Waals surface area contributed by atoms with Crippen LogP contribution in [0.5, 0.6) is 0 Å². The maximum Gasteiger partial charge on any atom is 0.215 e. The van der Waals surface area contributed by atoms with Crippen molar-refractivity contribution in [1.29, 1.82) is 0 Å². The van der Waals surface area contributed by atoms with E-state index in [9.17, 15) is 4.79 Å². The van der Waals surface area contributed by atoms with Crippen LogP contribution in [0.1, 0.15) is 16.1 Å². The van der Waals surface area contributed by atoms with Crippen molar-refractivity contribution >= 4 is 38.5 Å². The number of ketones is 1. The van der Waals surface area contributed by atoms with Gasteiger partial charge in [0.05, 0.1) is 5.52 Å². The maximum absolute atomic E-state index is 13.1. The van der Waals surface area contributed by atoms with Gasteiger partial charge in [-0.2, -0.15) is 0 Å². The molecule has 0 spiro atoms. The van der Waals surface area contributed by atoms with E-state index in [1.165, 1.54) is 0 Å². The molecule has 0 atom stereocenters.